The molecule has 1 aromatic carbocycles. The SMILES string of the molecule is CCOc1ccc(N)c(SCCCN(C)C)c1. The maximum Gasteiger partial charge on any atom is 0.120 e. The fourth-order valence-electron chi connectivity index (χ4n) is 1.46. The van der Waals surface area contributed by atoms with Gasteiger partial charge in [-0.2, -0.15) is 0 Å². The van der Waals surface area contributed by atoms with Crippen molar-refractivity contribution in [3.8, 4) is 5.75 Å². The molecule has 0 amide bonds. The number of nitrogens with two attached hydrogens (primary N) is 1. The zero-order valence-electron chi connectivity index (χ0n) is 10.9. The van der Waals surface area contributed by atoms with Gasteiger partial charge in [0.15, 0.2) is 0 Å². The number of anilines is 1. The Hall–Kier alpha value is -0.870. The van der Waals surface area contributed by atoms with E-state index in [0.29, 0.717) is 6.61 Å². The van der Waals surface area contributed by atoms with Gasteiger partial charge < -0.3 is 15.4 Å². The Kier molecular flexibility index (Phi) is 6.22. The zero-order chi connectivity index (χ0) is 12.7. The van der Waals surface area contributed by atoms with Crippen molar-refractivity contribution >= 4 is 17.4 Å². The first kappa shape index (κ1) is 14.2. The summed E-state index contributed by atoms with van der Waals surface area (Å²) >= 11 is 1.80. The second-order valence-corrected chi connectivity index (χ2v) is 5.27. The van der Waals surface area contributed by atoms with Gasteiger partial charge in [-0.25, -0.2) is 0 Å². The molecular weight excluding hydrogens is 232 g/mol. The smallest absolute Gasteiger partial charge is 0.120 e. The summed E-state index contributed by atoms with van der Waals surface area (Å²) in [6, 6.07) is 5.86. The Balaban J connectivity index is 2.48. The van der Waals surface area contributed by atoms with Crippen LogP contribution in [0.5, 0.6) is 5.75 Å². The van der Waals surface area contributed by atoms with Crippen molar-refractivity contribution in [1.29, 1.82) is 0 Å². The minimum atomic E-state index is 0.689. The lowest BCUT2D eigenvalue weighted by atomic mass is 10.3. The van der Waals surface area contributed by atoms with Gasteiger partial charge in [0.25, 0.3) is 0 Å². The monoisotopic (exact) mass is 254 g/mol. The molecule has 0 aliphatic carbocycles. The van der Waals surface area contributed by atoms with Crippen molar-refractivity contribution in [2.24, 2.45) is 0 Å². The molecule has 2 N–H and O–H groups in total. The lowest BCUT2D eigenvalue weighted by Gasteiger charge is -2.11. The molecular formula is C13H22N2OS. The molecule has 0 bridgehead atoms. The van der Waals surface area contributed by atoms with E-state index in [4.69, 9.17) is 10.5 Å². The van der Waals surface area contributed by atoms with Crippen LogP contribution in [0.4, 0.5) is 5.69 Å². The van der Waals surface area contributed by atoms with Crippen LogP contribution in [0, 0.1) is 0 Å². The number of thioether (sulfide) groups is 1. The molecule has 0 heterocycles. The van der Waals surface area contributed by atoms with Gasteiger partial charge in [-0.15, -0.1) is 11.8 Å². The van der Waals surface area contributed by atoms with E-state index in [1.54, 1.807) is 11.8 Å². The molecule has 0 aliphatic rings. The number of ether oxygens (including phenoxy) is 1. The van der Waals surface area contributed by atoms with Crippen LogP contribution in [0.2, 0.25) is 0 Å². The predicted octanol–water partition coefficient (Wildman–Crippen LogP) is 2.71. The van der Waals surface area contributed by atoms with Crippen molar-refractivity contribution in [2.45, 2.75) is 18.2 Å². The first-order valence-electron chi connectivity index (χ1n) is 5.93. The molecule has 0 spiro atoms. The molecule has 96 valence electrons. The Bertz CT molecular complexity index is 342. The summed E-state index contributed by atoms with van der Waals surface area (Å²) in [5.74, 6) is 1.98. The number of benzene rings is 1. The minimum absolute atomic E-state index is 0.689. The lowest BCUT2D eigenvalue weighted by Crippen LogP contribution is -2.13. The molecule has 4 heteroatoms. The second kappa shape index (κ2) is 7.45. The van der Waals surface area contributed by atoms with Gasteiger partial charge in [0.05, 0.1) is 6.61 Å². The summed E-state index contributed by atoms with van der Waals surface area (Å²) in [6.07, 6.45) is 1.16. The molecule has 0 saturated heterocycles. The number of hydrogen-bond donors (Lipinski definition) is 1. The topological polar surface area (TPSA) is 38.5 Å². The van der Waals surface area contributed by atoms with Gasteiger partial charge >= 0.3 is 0 Å². The summed E-state index contributed by atoms with van der Waals surface area (Å²) in [6.45, 7) is 3.78. The van der Waals surface area contributed by atoms with Crippen LogP contribution in [-0.4, -0.2) is 37.9 Å². The quantitative estimate of drug-likeness (QED) is 0.461. The van der Waals surface area contributed by atoms with Gasteiger partial charge in [-0.1, -0.05) is 0 Å². The van der Waals surface area contributed by atoms with E-state index >= 15 is 0 Å². The molecule has 0 aromatic heterocycles. The molecule has 0 aliphatic heterocycles. The fourth-order valence-corrected chi connectivity index (χ4v) is 2.39. The predicted molar refractivity (Wildman–Crippen MR) is 75.9 cm³/mol. The summed E-state index contributed by atoms with van der Waals surface area (Å²) in [5.41, 5.74) is 6.78. The Labute approximate surface area is 108 Å². The lowest BCUT2D eigenvalue weighted by molar-refractivity contribution is 0.339. The fraction of sp³-hybridized carbons (Fsp3) is 0.538. The largest absolute Gasteiger partial charge is 0.494 e. The van der Waals surface area contributed by atoms with Crippen molar-refractivity contribution in [1.82, 2.24) is 4.90 Å². The van der Waals surface area contributed by atoms with Crippen molar-refractivity contribution in [3.63, 3.8) is 0 Å². The van der Waals surface area contributed by atoms with Crippen LogP contribution in [-0.2, 0) is 0 Å². The second-order valence-electron chi connectivity index (χ2n) is 4.14. The molecule has 0 fully saturated rings. The van der Waals surface area contributed by atoms with Crippen molar-refractivity contribution in [2.75, 3.05) is 38.7 Å². The van der Waals surface area contributed by atoms with Crippen LogP contribution < -0.4 is 10.5 Å². The standard InChI is InChI=1S/C13H22N2OS/c1-4-16-11-6-7-12(14)13(10-11)17-9-5-8-15(2)3/h6-7,10H,4-5,8-9,14H2,1-3H3. The molecule has 0 saturated carbocycles. The Morgan fingerprint density at radius 2 is 2.12 bits per heavy atom. The average molecular weight is 254 g/mol. The van der Waals surface area contributed by atoms with E-state index in [2.05, 4.69) is 19.0 Å². The van der Waals surface area contributed by atoms with E-state index in [1.165, 1.54) is 0 Å². The number of rotatable bonds is 7. The summed E-state index contributed by atoms with van der Waals surface area (Å²) in [7, 11) is 4.18. The molecule has 1 rings (SSSR count). The normalized spacial score (nSPS) is 10.8. The highest BCUT2D eigenvalue weighted by molar-refractivity contribution is 7.99. The molecule has 0 atom stereocenters. The third kappa shape index (κ3) is 5.33. The molecule has 17 heavy (non-hydrogen) atoms. The Morgan fingerprint density at radius 1 is 1.35 bits per heavy atom. The van der Waals surface area contributed by atoms with Gasteiger partial charge in [0.2, 0.25) is 0 Å². The average Bonchev–Trinajstić information content (AvgIpc) is 2.28. The van der Waals surface area contributed by atoms with E-state index in [0.717, 1.165) is 35.1 Å². The van der Waals surface area contributed by atoms with Crippen LogP contribution >= 0.6 is 11.8 Å². The highest BCUT2D eigenvalue weighted by atomic mass is 32.2. The van der Waals surface area contributed by atoms with E-state index < -0.39 is 0 Å². The van der Waals surface area contributed by atoms with Crippen LogP contribution in [0.3, 0.4) is 0 Å². The number of nitrogen functional groups attached to an aromatic ring is 1. The maximum absolute atomic E-state index is 5.94. The zero-order valence-corrected chi connectivity index (χ0v) is 11.7. The van der Waals surface area contributed by atoms with Gasteiger partial charge in [0.1, 0.15) is 5.75 Å². The van der Waals surface area contributed by atoms with Crippen molar-refractivity contribution < 1.29 is 4.74 Å². The minimum Gasteiger partial charge on any atom is -0.494 e. The highest BCUT2D eigenvalue weighted by Gasteiger charge is 2.02. The number of hydrogen-bond acceptors (Lipinski definition) is 4. The van der Waals surface area contributed by atoms with Crippen LogP contribution in [0.1, 0.15) is 13.3 Å². The highest BCUT2D eigenvalue weighted by Crippen LogP contribution is 2.29. The third-order valence-corrected chi connectivity index (χ3v) is 3.46. The van der Waals surface area contributed by atoms with E-state index in [9.17, 15) is 0 Å². The number of nitrogens with zero attached hydrogens (tertiary/aromatic N) is 1. The van der Waals surface area contributed by atoms with E-state index in [1.807, 2.05) is 25.1 Å². The maximum atomic E-state index is 5.94. The van der Waals surface area contributed by atoms with Gasteiger partial charge in [-0.05, 0) is 57.9 Å². The molecule has 0 radical (unpaired) electrons. The molecule has 1 aromatic rings. The van der Waals surface area contributed by atoms with Crippen LogP contribution in [0.25, 0.3) is 0 Å². The van der Waals surface area contributed by atoms with Crippen LogP contribution in [0.15, 0.2) is 23.1 Å². The van der Waals surface area contributed by atoms with Crippen molar-refractivity contribution in [3.05, 3.63) is 18.2 Å². The summed E-state index contributed by atoms with van der Waals surface area (Å²) in [5, 5.41) is 0. The summed E-state index contributed by atoms with van der Waals surface area (Å²) in [4.78, 5) is 3.32. The van der Waals surface area contributed by atoms with Gasteiger partial charge in [-0.3, -0.25) is 0 Å². The molecule has 3 nitrogen and oxygen atoms in total. The third-order valence-electron chi connectivity index (χ3n) is 2.30. The first-order chi connectivity index (χ1) is 8.13. The van der Waals surface area contributed by atoms with E-state index in [-0.39, 0.29) is 0 Å². The summed E-state index contributed by atoms with van der Waals surface area (Å²) < 4.78 is 5.47. The van der Waals surface area contributed by atoms with Gasteiger partial charge in [0, 0.05) is 10.6 Å². The first-order valence-corrected chi connectivity index (χ1v) is 6.92. The molecule has 0 unspecified atom stereocenters. The Morgan fingerprint density at radius 3 is 2.76 bits per heavy atom.